The third-order valence-electron chi connectivity index (χ3n) is 4.55. The van der Waals surface area contributed by atoms with Crippen molar-refractivity contribution in [1.82, 2.24) is 9.55 Å². The normalized spacial score (nSPS) is 10.9. The largest absolute Gasteiger partial charge is 0.496 e. The van der Waals surface area contributed by atoms with Crippen LogP contribution in [0, 0.1) is 0 Å². The third-order valence-corrected chi connectivity index (χ3v) is 5.72. The zero-order chi connectivity index (χ0) is 21.1. The lowest BCUT2D eigenvalue weighted by Gasteiger charge is -2.13. The minimum atomic E-state index is -0.213. The number of carbonyl (C=O) groups is 1. The van der Waals surface area contributed by atoms with E-state index in [2.05, 4.69) is 4.98 Å². The number of Topliss-reactive ketones (excluding diaryl/α,β-unsaturated/α-hetero) is 1. The zero-order valence-electron chi connectivity index (χ0n) is 16.0. The summed E-state index contributed by atoms with van der Waals surface area (Å²) in [4.78, 5) is 30.7. The molecule has 0 radical (unpaired) electrons. The number of para-hydroxylation sites is 2. The van der Waals surface area contributed by atoms with Crippen molar-refractivity contribution in [3.8, 4) is 11.4 Å². The summed E-state index contributed by atoms with van der Waals surface area (Å²) >= 11 is 7.35. The van der Waals surface area contributed by atoms with Crippen LogP contribution in [0.1, 0.15) is 10.4 Å². The number of aromatic nitrogens is 2. The molecule has 4 aromatic rings. The summed E-state index contributed by atoms with van der Waals surface area (Å²) in [6, 6.07) is 21.2. The minimum Gasteiger partial charge on any atom is -0.496 e. The van der Waals surface area contributed by atoms with E-state index in [9.17, 15) is 9.59 Å². The van der Waals surface area contributed by atoms with Crippen molar-refractivity contribution in [3.63, 3.8) is 0 Å². The molecule has 0 aliphatic rings. The van der Waals surface area contributed by atoms with Gasteiger partial charge in [-0.3, -0.25) is 14.2 Å². The number of rotatable bonds is 6. The van der Waals surface area contributed by atoms with E-state index in [1.807, 2.05) is 12.1 Å². The van der Waals surface area contributed by atoms with Gasteiger partial charge >= 0.3 is 0 Å². The Bertz CT molecular complexity index is 1300. The van der Waals surface area contributed by atoms with Crippen LogP contribution in [0.15, 0.2) is 82.7 Å². The fourth-order valence-electron chi connectivity index (χ4n) is 3.13. The maximum absolute atomic E-state index is 13.2. The van der Waals surface area contributed by atoms with Gasteiger partial charge in [-0.2, -0.15) is 0 Å². The molecule has 3 aromatic carbocycles. The van der Waals surface area contributed by atoms with Gasteiger partial charge in [-0.25, -0.2) is 4.98 Å². The second-order valence-electron chi connectivity index (χ2n) is 6.44. The van der Waals surface area contributed by atoms with Crippen LogP contribution >= 0.6 is 23.4 Å². The Kier molecular flexibility index (Phi) is 5.88. The van der Waals surface area contributed by atoms with Crippen LogP contribution in [0.2, 0.25) is 5.02 Å². The Labute approximate surface area is 182 Å². The maximum Gasteiger partial charge on any atom is 0.266 e. The first-order chi connectivity index (χ1) is 14.6. The summed E-state index contributed by atoms with van der Waals surface area (Å²) in [7, 11) is 1.53. The van der Waals surface area contributed by atoms with E-state index in [0.29, 0.717) is 38.1 Å². The molecule has 0 bridgehead atoms. The monoisotopic (exact) mass is 436 g/mol. The molecule has 0 aliphatic heterocycles. The summed E-state index contributed by atoms with van der Waals surface area (Å²) < 4.78 is 6.78. The fourth-order valence-corrected chi connectivity index (χ4v) is 4.22. The highest BCUT2D eigenvalue weighted by molar-refractivity contribution is 7.99. The first kappa shape index (κ1) is 20.2. The predicted molar refractivity (Wildman–Crippen MR) is 120 cm³/mol. The summed E-state index contributed by atoms with van der Waals surface area (Å²) in [6.07, 6.45) is 0. The smallest absolute Gasteiger partial charge is 0.266 e. The second-order valence-corrected chi connectivity index (χ2v) is 7.82. The number of ether oxygens (including phenoxy) is 1. The van der Waals surface area contributed by atoms with Gasteiger partial charge in [0.1, 0.15) is 5.75 Å². The number of thioether (sulfide) groups is 1. The number of halogens is 1. The highest BCUT2D eigenvalue weighted by Crippen LogP contribution is 2.25. The van der Waals surface area contributed by atoms with Crippen molar-refractivity contribution in [2.24, 2.45) is 0 Å². The summed E-state index contributed by atoms with van der Waals surface area (Å²) in [5, 5.41) is 1.43. The number of hydrogen-bond acceptors (Lipinski definition) is 5. The van der Waals surface area contributed by atoms with E-state index in [1.54, 1.807) is 60.7 Å². The van der Waals surface area contributed by atoms with Crippen LogP contribution in [0.5, 0.6) is 5.75 Å². The van der Waals surface area contributed by atoms with Gasteiger partial charge in [-0.15, -0.1) is 0 Å². The van der Waals surface area contributed by atoms with E-state index in [1.165, 1.54) is 23.4 Å². The molecular formula is C23H17ClN2O3S. The minimum absolute atomic E-state index is 0.103. The fraction of sp³-hybridized carbons (Fsp3) is 0.0870. The van der Waals surface area contributed by atoms with Gasteiger partial charge in [-0.05, 0) is 42.5 Å². The van der Waals surface area contributed by atoms with Crippen LogP contribution in [0.25, 0.3) is 16.6 Å². The molecule has 0 N–H and O–H groups in total. The summed E-state index contributed by atoms with van der Waals surface area (Å²) in [6.45, 7) is 0. The molecule has 1 aromatic heterocycles. The molecule has 0 saturated heterocycles. The molecule has 0 saturated carbocycles. The predicted octanol–water partition coefficient (Wildman–Crippen LogP) is 5.02. The quantitative estimate of drug-likeness (QED) is 0.241. The third kappa shape index (κ3) is 3.97. The molecule has 0 spiro atoms. The Hall–Kier alpha value is -3.09. The molecule has 0 amide bonds. The van der Waals surface area contributed by atoms with Crippen LogP contribution in [-0.4, -0.2) is 28.2 Å². The maximum atomic E-state index is 13.2. The number of ketones is 1. The number of carbonyl (C=O) groups excluding carboxylic acids is 1. The Morgan fingerprint density at radius 1 is 1.07 bits per heavy atom. The van der Waals surface area contributed by atoms with Crippen molar-refractivity contribution in [3.05, 3.63) is 93.7 Å². The first-order valence-corrected chi connectivity index (χ1v) is 10.5. The van der Waals surface area contributed by atoms with Gasteiger partial charge in [0.25, 0.3) is 5.56 Å². The van der Waals surface area contributed by atoms with Crippen molar-refractivity contribution < 1.29 is 9.53 Å². The molecule has 150 valence electrons. The zero-order valence-corrected chi connectivity index (χ0v) is 17.6. The van der Waals surface area contributed by atoms with Gasteiger partial charge in [0.15, 0.2) is 10.9 Å². The highest BCUT2D eigenvalue weighted by Gasteiger charge is 2.17. The van der Waals surface area contributed by atoms with Crippen molar-refractivity contribution in [2.75, 3.05) is 12.9 Å². The van der Waals surface area contributed by atoms with Crippen molar-refractivity contribution >= 4 is 40.0 Å². The summed E-state index contributed by atoms with van der Waals surface area (Å²) in [5.41, 5.74) is 1.45. The standard InChI is InChI=1S/C23H17ClN2O3S/c1-29-21-12-5-3-10-18(21)20(27)14-30-23-25-19-11-4-2-9-17(19)22(28)26(23)16-8-6-7-15(24)13-16/h2-13H,14H2,1H3. The molecule has 0 aliphatic carbocycles. The average molecular weight is 437 g/mol. The Balaban J connectivity index is 1.77. The van der Waals surface area contributed by atoms with E-state index in [4.69, 9.17) is 16.3 Å². The van der Waals surface area contributed by atoms with E-state index >= 15 is 0 Å². The molecule has 1 heterocycles. The lowest BCUT2D eigenvalue weighted by Crippen LogP contribution is -2.22. The first-order valence-electron chi connectivity index (χ1n) is 9.15. The lowest BCUT2D eigenvalue weighted by atomic mass is 10.1. The number of nitrogens with zero attached hydrogens (tertiary/aromatic N) is 2. The molecule has 0 unspecified atom stereocenters. The van der Waals surface area contributed by atoms with Crippen molar-refractivity contribution in [1.29, 1.82) is 0 Å². The van der Waals surface area contributed by atoms with Crippen LogP contribution in [0.3, 0.4) is 0 Å². The molecule has 4 rings (SSSR count). The summed E-state index contributed by atoms with van der Waals surface area (Å²) in [5.74, 6) is 0.505. The number of benzene rings is 3. The topological polar surface area (TPSA) is 61.2 Å². The molecule has 7 heteroatoms. The van der Waals surface area contributed by atoms with Gasteiger partial charge in [0.2, 0.25) is 0 Å². The number of fused-ring (bicyclic) bond motifs is 1. The van der Waals surface area contributed by atoms with Crippen LogP contribution in [-0.2, 0) is 0 Å². The van der Waals surface area contributed by atoms with E-state index in [-0.39, 0.29) is 17.1 Å². The van der Waals surface area contributed by atoms with Gasteiger partial charge in [0, 0.05) is 5.02 Å². The van der Waals surface area contributed by atoms with Crippen LogP contribution < -0.4 is 10.3 Å². The average Bonchev–Trinajstić information content (AvgIpc) is 2.77. The molecule has 30 heavy (non-hydrogen) atoms. The SMILES string of the molecule is COc1ccccc1C(=O)CSc1nc2ccccc2c(=O)n1-c1cccc(Cl)c1. The Morgan fingerprint density at radius 2 is 1.83 bits per heavy atom. The second kappa shape index (κ2) is 8.73. The van der Waals surface area contributed by atoms with E-state index < -0.39 is 0 Å². The van der Waals surface area contributed by atoms with Crippen molar-refractivity contribution in [2.45, 2.75) is 5.16 Å². The Morgan fingerprint density at radius 3 is 2.63 bits per heavy atom. The van der Waals surface area contributed by atoms with Crippen LogP contribution in [0.4, 0.5) is 0 Å². The lowest BCUT2D eigenvalue weighted by molar-refractivity contribution is 0.101. The molecular weight excluding hydrogens is 420 g/mol. The van der Waals surface area contributed by atoms with Gasteiger partial charge < -0.3 is 4.74 Å². The number of methoxy groups -OCH3 is 1. The molecule has 0 fully saturated rings. The number of hydrogen-bond donors (Lipinski definition) is 0. The highest BCUT2D eigenvalue weighted by atomic mass is 35.5. The molecule has 5 nitrogen and oxygen atoms in total. The van der Waals surface area contributed by atoms with E-state index in [0.717, 1.165) is 0 Å². The van der Waals surface area contributed by atoms with Gasteiger partial charge in [0.05, 0.1) is 35.0 Å². The molecule has 0 atom stereocenters. The van der Waals surface area contributed by atoms with Gasteiger partial charge in [-0.1, -0.05) is 53.7 Å².